The number of nitrogens with zero attached hydrogens (tertiary/aromatic N) is 18. The van der Waals surface area contributed by atoms with Gasteiger partial charge in [-0.3, -0.25) is 19.9 Å². The van der Waals surface area contributed by atoms with Crippen LogP contribution in [0.4, 0.5) is 0 Å². The van der Waals surface area contributed by atoms with Crippen LogP contribution in [0.2, 0.25) is 0 Å². The average molecular weight is 2080 g/mol. The molecule has 3 atom stereocenters. The Bertz CT molecular complexity index is 3280. The number of likely N-dealkylation sites (N-methyl/N-ethyl adjacent to an activating group) is 1. The van der Waals surface area contributed by atoms with Gasteiger partial charge in [0.05, 0.1) is 57.9 Å². The Morgan fingerprint density at radius 3 is 1.13 bits per heavy atom. The lowest BCUT2D eigenvalue weighted by atomic mass is 9.99. The van der Waals surface area contributed by atoms with Gasteiger partial charge in [0.2, 0.25) is 0 Å². The minimum Gasteiger partial charge on any atom is -0.378 e. The van der Waals surface area contributed by atoms with Crippen molar-refractivity contribution in [1.29, 1.82) is 0 Å². The van der Waals surface area contributed by atoms with E-state index in [4.69, 9.17) is 49.6 Å². The lowest BCUT2D eigenvalue weighted by molar-refractivity contribution is -0.789. The van der Waals surface area contributed by atoms with E-state index in [-0.39, 0.29) is 118 Å². The van der Waals surface area contributed by atoms with Gasteiger partial charge in [-0.15, -0.1) is 162 Å². The fourth-order valence-corrected chi connectivity index (χ4v) is 7.05. The Kier molecular flexibility index (Phi) is 115. The van der Waals surface area contributed by atoms with Crippen LogP contribution in [0.15, 0.2) is 24.5 Å². The molecular weight excluding hydrogens is 1950 g/mol. The summed E-state index contributed by atoms with van der Waals surface area (Å²) >= 11 is 0. The minimum atomic E-state index is -1.30. The van der Waals surface area contributed by atoms with E-state index in [1.807, 2.05) is 20.8 Å². The predicted octanol–water partition coefficient (Wildman–Crippen LogP) is -4.85. The number of hydrogen-bond donors (Lipinski definition) is 12. The second-order valence-electron chi connectivity index (χ2n) is 24.3. The molecule has 1 aliphatic heterocycles. The van der Waals surface area contributed by atoms with Gasteiger partial charge in [0.1, 0.15) is 78.3 Å². The number of rotatable bonds is 72. The number of carbonyl (C=O) groups excluding carboxylic acids is 1. The van der Waals surface area contributed by atoms with Crippen molar-refractivity contribution in [3.63, 3.8) is 0 Å². The van der Waals surface area contributed by atoms with Gasteiger partial charge in [0.25, 0.3) is 87.3 Å². The summed E-state index contributed by atoms with van der Waals surface area (Å²) in [5.74, 6) is -0.0395. The average Bonchev–Trinajstić information content (AvgIpc) is 0.905. The van der Waals surface area contributed by atoms with Gasteiger partial charge in [-0.05, 0) is 109 Å². The summed E-state index contributed by atoms with van der Waals surface area (Å²) in [6.07, 6.45) is 9.35. The third-order valence-electron chi connectivity index (χ3n) is 12.9. The van der Waals surface area contributed by atoms with Crippen molar-refractivity contribution in [1.82, 2.24) is 31.6 Å². The molecule has 2 rings (SSSR count). The number of pyridine rings is 1. The van der Waals surface area contributed by atoms with Crippen molar-refractivity contribution in [3.05, 3.63) is 202 Å². The molecule has 0 aliphatic carbocycles. The molecule has 83 nitrogen and oxygen atoms in total. The number of nitro groups is 1. The van der Waals surface area contributed by atoms with Gasteiger partial charge < -0.3 is 154 Å². The Morgan fingerprint density at radius 1 is 0.400 bits per heavy atom. The Hall–Kier alpha value is -15.3. The highest BCUT2D eigenvalue weighted by molar-refractivity contribution is 5.93. The summed E-state index contributed by atoms with van der Waals surface area (Å²) in [6, 6.07) is 1.83. The van der Waals surface area contributed by atoms with Crippen molar-refractivity contribution in [2.24, 2.45) is 46.1 Å². The molecule has 0 radical (unpaired) electrons. The number of aromatic nitrogens is 1. The molecule has 0 aromatic carbocycles. The summed E-state index contributed by atoms with van der Waals surface area (Å²) in [4.78, 5) is 243. The van der Waals surface area contributed by atoms with Crippen LogP contribution in [0.25, 0.3) is 0 Å². The van der Waals surface area contributed by atoms with Gasteiger partial charge in [-0.2, -0.15) is 0 Å². The number of nitrogens with one attached hydrogen (secondary N) is 5. The highest BCUT2D eigenvalue weighted by Crippen LogP contribution is 2.11. The number of nitrogens with two attached hydrogens (primary N) is 7. The number of hydrogen-bond acceptors (Lipinski definition) is 65. The maximum atomic E-state index is 11.6. The Labute approximate surface area is 787 Å². The molecule has 1 aliphatic rings. The van der Waals surface area contributed by atoms with Crippen LogP contribution < -0.4 is 66.7 Å². The summed E-state index contributed by atoms with van der Waals surface area (Å²) in [5, 5.41) is 164. The van der Waals surface area contributed by atoms with Crippen LogP contribution in [-0.2, 0) is 86.9 Å². The highest BCUT2D eigenvalue weighted by Gasteiger charge is 2.19. The van der Waals surface area contributed by atoms with E-state index in [0.717, 1.165) is 71.0 Å². The van der Waals surface area contributed by atoms with E-state index < -0.39 is 143 Å². The van der Waals surface area contributed by atoms with Gasteiger partial charge in [-0.25, -0.2) is 0 Å². The summed E-state index contributed by atoms with van der Waals surface area (Å²) in [6.45, 7) is 10.5. The van der Waals surface area contributed by atoms with Crippen molar-refractivity contribution in [2.75, 3.05) is 204 Å². The van der Waals surface area contributed by atoms with Crippen LogP contribution in [0.3, 0.4) is 0 Å². The first kappa shape index (κ1) is 145. The number of carbonyl (C=O) groups is 1. The molecule has 0 bridgehead atoms. The van der Waals surface area contributed by atoms with E-state index >= 15 is 0 Å². The van der Waals surface area contributed by atoms with Crippen LogP contribution in [0.1, 0.15) is 102 Å². The summed E-state index contributed by atoms with van der Waals surface area (Å²) in [7, 11) is 0. The third kappa shape index (κ3) is 160. The number of ether oxygens (including phenoxy) is 2. The topological polar surface area (TPSA) is 1170 Å². The third-order valence-corrected chi connectivity index (χ3v) is 12.9. The molecule has 0 spiro atoms. The molecule has 83 heteroatoms. The van der Waals surface area contributed by atoms with E-state index in [9.17, 15) is 177 Å². The first-order valence-corrected chi connectivity index (χ1v) is 39.8. The molecule has 2 heterocycles. The van der Waals surface area contributed by atoms with Crippen LogP contribution in [0.5, 0.6) is 0 Å². The molecule has 1 amide bonds. The zero-order valence-electron chi connectivity index (χ0n) is 75.7. The molecule has 140 heavy (non-hydrogen) atoms. The second-order valence-corrected chi connectivity index (χ2v) is 24.3. The number of piperidine rings is 1. The highest BCUT2D eigenvalue weighted by atomic mass is 17.0. The maximum Gasteiger partial charge on any atom is 0.306 e. The molecule has 818 valence electrons. The van der Waals surface area contributed by atoms with Crippen LogP contribution in [0, 0.1) is 178 Å². The molecular formula is C57H122N30O53. The van der Waals surface area contributed by atoms with E-state index in [1.165, 1.54) is 24.5 Å². The number of amides is 1. The zero-order chi connectivity index (χ0) is 109. The van der Waals surface area contributed by atoms with E-state index in [2.05, 4.69) is 109 Å². The van der Waals surface area contributed by atoms with Gasteiger partial charge in [0.15, 0.2) is 0 Å². The lowest BCUT2D eigenvalue weighted by Gasteiger charge is -2.21. The van der Waals surface area contributed by atoms with Gasteiger partial charge >= 0.3 is 6.73 Å². The van der Waals surface area contributed by atoms with Crippen molar-refractivity contribution in [3.8, 4) is 0 Å². The maximum absolute atomic E-state index is 11.6. The largest absolute Gasteiger partial charge is 0.378 e. The van der Waals surface area contributed by atoms with Crippen molar-refractivity contribution >= 4 is 5.91 Å². The molecule has 19 N–H and O–H groups in total. The van der Waals surface area contributed by atoms with Crippen LogP contribution in [-0.4, -0.2) is 332 Å². The number of unbranched alkanes of at least 4 members (excludes halogenated alkanes) is 5. The summed E-state index contributed by atoms with van der Waals surface area (Å²) in [5.41, 5.74) is 36.1. The summed E-state index contributed by atoms with van der Waals surface area (Å²) < 4.78 is 9.69. The predicted molar refractivity (Wildman–Crippen MR) is 453 cm³/mol. The van der Waals surface area contributed by atoms with E-state index in [0.29, 0.717) is 77.3 Å². The van der Waals surface area contributed by atoms with Crippen LogP contribution >= 0.6 is 0 Å². The fraction of sp³-hybridized carbons (Fsp3) is 0.895. The normalized spacial score (nSPS) is 10.9. The van der Waals surface area contributed by atoms with Gasteiger partial charge in [-0.1, -0.05) is 40.0 Å². The lowest BCUT2D eigenvalue weighted by Crippen LogP contribution is -2.38. The molecule has 1 aromatic heterocycles. The Balaban J connectivity index is -0.000000166. The van der Waals surface area contributed by atoms with Gasteiger partial charge in [0, 0.05) is 75.2 Å². The fourth-order valence-electron chi connectivity index (χ4n) is 7.05. The first-order chi connectivity index (χ1) is 66.0. The SMILES string of the molecule is CC(C)NCCO[N+](=O)[O-].CCNCCO[N+](=O)[O-].NC(CO[N+](=O)[O-])CO[N+](=O)[O-].NCCCCCCO[N+](=O)[O-].NCCCCCO[N+](=O)[O-].NCCCO[N+](=O)[O-].NCCOCCO[N+](=O)[O-].NC[C@H](CO[N+](=O)[O-])O[N+](=O)[O-].N[C@@H](CCO[N+](=O)[O-])CO[N+](=O)[O-].O=C(NC[C@H](CO[N+](=O)[O-])O[N+](=O)[O-])c1cccnc1.O=[N+]([O-])COCC1CCNCC1.O=[N+]([O-])OCCNCCO[N+](=O)[O-]. The quantitative estimate of drug-likeness (QED) is 0.0126. The zero-order valence-corrected chi connectivity index (χ0v) is 75.7. The van der Waals surface area contributed by atoms with Crippen molar-refractivity contribution < 1.29 is 178 Å². The van der Waals surface area contributed by atoms with E-state index in [1.54, 1.807) is 0 Å². The second kappa shape index (κ2) is 111. The molecule has 1 fully saturated rings. The standard InChI is InChI=1S/C9H10N4O7.C7H14N2O3.C6H14N2O3.2C5H12N2O3.2C4H9N3O6.C4H10N2O4.C4H10N2O3.2C3H7N3O6.C3H8N2O3/c14-9(7-2-1-3-10-4-7)11-5-8(20-13(17)18)6-19-12(15)16;10-9(11)6-12-5-7-1-3-8-4-2-7;7-5-3-1-2-4-6-11-8(9)10;1-5(2)6-3-4-10-7(8)9;6-4-2-1-3-5-10-7(8)9;8-6(9)12-3-1-5-2-4-13-7(10)11;5-4(3-13-7(10)11)1-2-12-6(8)9;5-1-2-9-3-4-10-6(7)8;1-2-5-3-4-9-6(7)8;4-3(1-11-5(7)8)2-12-6(9)10;4-1-3(12-6(9)10)2-11-5(7)8;4-2-1-3-8-5(6)7/h1-4,8H,5-6H2,(H,11,14);7-8H,1-6H2;1-7H2;5-6H,3-4H2,1-2H3;1-6H2;5H,1-4H2;4H,1-3,5H2;1-5H2;5H,2-4H2,1H3;2*3H,1-2,4H2;1-4H2/t8-;;;;;;4-;;;;3-;/m1.....0...1./s1. The molecule has 1 saturated heterocycles. The first-order valence-electron chi connectivity index (χ1n) is 39.8. The smallest absolute Gasteiger partial charge is 0.306 e. The molecule has 0 unspecified atom stereocenters. The Morgan fingerprint density at radius 2 is 0.757 bits per heavy atom. The monoisotopic (exact) mass is 2070 g/mol. The molecule has 0 saturated carbocycles. The molecule has 1 aromatic rings. The van der Waals surface area contributed by atoms with Crippen molar-refractivity contribution in [2.45, 2.75) is 122 Å². The minimum absolute atomic E-state index is 0.0347.